The van der Waals surface area contributed by atoms with Gasteiger partial charge in [0.2, 0.25) is 0 Å². The van der Waals surface area contributed by atoms with Gasteiger partial charge in [0.15, 0.2) is 4.96 Å². The van der Waals surface area contributed by atoms with E-state index in [1.807, 2.05) is 11.3 Å². The van der Waals surface area contributed by atoms with E-state index in [0.29, 0.717) is 0 Å². The number of hydrogen-bond donors (Lipinski definition) is 0. The molecule has 3 heteroatoms. The zero-order chi connectivity index (χ0) is 19.6. The van der Waals surface area contributed by atoms with Crippen LogP contribution in [0.5, 0.6) is 0 Å². The maximum Gasteiger partial charge on any atom is 0.194 e. The van der Waals surface area contributed by atoms with E-state index in [1.165, 1.54) is 93.1 Å². The number of fused-ring (bicyclic) bond motifs is 1. The first-order chi connectivity index (χ1) is 13.8. The Bertz CT molecular complexity index is 781. The lowest BCUT2D eigenvalue weighted by molar-refractivity contribution is 0.589. The van der Waals surface area contributed by atoms with Gasteiger partial charge in [-0.05, 0) is 31.2 Å². The van der Waals surface area contributed by atoms with Gasteiger partial charge >= 0.3 is 0 Å². The third-order valence-electron chi connectivity index (χ3n) is 5.55. The van der Waals surface area contributed by atoms with Crippen LogP contribution in [-0.4, -0.2) is 9.38 Å². The monoisotopic (exact) mass is 396 g/mol. The molecule has 0 saturated heterocycles. The van der Waals surface area contributed by atoms with Crippen LogP contribution in [0.1, 0.15) is 88.5 Å². The summed E-state index contributed by atoms with van der Waals surface area (Å²) in [5, 5.41) is 0. The van der Waals surface area contributed by atoms with E-state index in [2.05, 4.69) is 54.9 Å². The molecule has 0 atom stereocenters. The summed E-state index contributed by atoms with van der Waals surface area (Å²) < 4.78 is 2.20. The molecule has 152 valence electrons. The number of rotatable bonds is 13. The molecule has 0 aliphatic carbocycles. The van der Waals surface area contributed by atoms with Crippen LogP contribution in [0.2, 0.25) is 0 Å². The maximum atomic E-state index is 4.85. The van der Waals surface area contributed by atoms with E-state index >= 15 is 0 Å². The summed E-state index contributed by atoms with van der Waals surface area (Å²) in [6.45, 7) is 4.54. The highest BCUT2D eigenvalue weighted by Gasteiger charge is 2.08. The van der Waals surface area contributed by atoms with Crippen LogP contribution in [0.3, 0.4) is 0 Å². The van der Waals surface area contributed by atoms with Gasteiger partial charge in [-0.2, -0.15) is 0 Å². The van der Waals surface area contributed by atoms with E-state index in [4.69, 9.17) is 4.98 Å². The molecule has 0 amide bonds. The quantitative estimate of drug-likeness (QED) is 0.267. The van der Waals surface area contributed by atoms with E-state index in [-0.39, 0.29) is 0 Å². The summed E-state index contributed by atoms with van der Waals surface area (Å²) in [4.78, 5) is 7.42. The summed E-state index contributed by atoms with van der Waals surface area (Å²) in [6, 6.07) is 9.06. The van der Waals surface area contributed by atoms with Crippen molar-refractivity contribution in [2.45, 2.75) is 90.9 Å². The molecular formula is C25H36N2S. The number of hydrogen-bond acceptors (Lipinski definition) is 2. The molecule has 2 nitrogen and oxygen atoms in total. The Balaban J connectivity index is 1.48. The van der Waals surface area contributed by atoms with Crippen LogP contribution in [0.15, 0.2) is 36.7 Å². The molecule has 0 unspecified atom stereocenters. The van der Waals surface area contributed by atoms with Crippen molar-refractivity contribution < 1.29 is 0 Å². The van der Waals surface area contributed by atoms with Gasteiger partial charge < -0.3 is 0 Å². The van der Waals surface area contributed by atoms with Crippen molar-refractivity contribution >= 4 is 16.3 Å². The van der Waals surface area contributed by atoms with Crippen LogP contribution >= 0.6 is 11.3 Å². The van der Waals surface area contributed by atoms with Gasteiger partial charge in [0.25, 0.3) is 0 Å². The van der Waals surface area contributed by atoms with Crippen molar-refractivity contribution in [2.24, 2.45) is 0 Å². The van der Waals surface area contributed by atoms with Crippen LogP contribution in [0, 0.1) is 0 Å². The number of benzene rings is 1. The normalized spacial score (nSPS) is 11.5. The molecule has 0 bridgehead atoms. The Morgan fingerprint density at radius 3 is 2.11 bits per heavy atom. The van der Waals surface area contributed by atoms with Crippen LogP contribution in [-0.2, 0) is 12.8 Å². The third-order valence-corrected chi connectivity index (χ3v) is 6.61. The van der Waals surface area contributed by atoms with Crippen molar-refractivity contribution in [3.8, 4) is 11.3 Å². The minimum atomic E-state index is 1.09. The molecule has 0 spiro atoms. The number of nitrogens with zero attached hydrogens (tertiary/aromatic N) is 2. The van der Waals surface area contributed by atoms with Crippen molar-refractivity contribution in [2.75, 3.05) is 0 Å². The summed E-state index contributed by atoms with van der Waals surface area (Å²) in [5.74, 6) is 0. The largest absolute Gasteiger partial charge is 0.297 e. The van der Waals surface area contributed by atoms with Crippen LogP contribution in [0.4, 0.5) is 0 Å². The summed E-state index contributed by atoms with van der Waals surface area (Å²) in [6.07, 6.45) is 20.3. The number of aromatic nitrogens is 2. The SMILES string of the molecule is CCCCCCCCCc1ccc(-c2cn3cc(CCCCC)sc3n2)cc1. The molecule has 3 aromatic rings. The average molecular weight is 397 g/mol. The first-order valence-electron chi connectivity index (χ1n) is 11.4. The van der Waals surface area contributed by atoms with Gasteiger partial charge in [-0.25, -0.2) is 4.98 Å². The highest BCUT2D eigenvalue weighted by atomic mass is 32.1. The Morgan fingerprint density at radius 2 is 1.39 bits per heavy atom. The van der Waals surface area contributed by atoms with Gasteiger partial charge in [0, 0.05) is 22.8 Å². The molecule has 0 N–H and O–H groups in total. The lowest BCUT2D eigenvalue weighted by Crippen LogP contribution is -1.87. The molecule has 0 radical (unpaired) electrons. The smallest absolute Gasteiger partial charge is 0.194 e. The standard InChI is InChI=1S/C25H36N2S/c1-3-5-7-8-9-10-12-13-21-15-17-22(18-16-21)24-20-27-19-23(14-11-6-4-2)28-25(27)26-24/h15-20H,3-14H2,1-2H3. The summed E-state index contributed by atoms with van der Waals surface area (Å²) in [7, 11) is 0. The Hall–Kier alpha value is -1.61. The Morgan fingerprint density at radius 1 is 0.750 bits per heavy atom. The molecule has 3 rings (SSSR count). The molecule has 2 heterocycles. The van der Waals surface area contributed by atoms with Gasteiger partial charge in [0.1, 0.15) is 0 Å². The number of imidazole rings is 1. The van der Waals surface area contributed by atoms with Crippen molar-refractivity contribution in [3.05, 3.63) is 47.1 Å². The predicted molar refractivity (Wildman–Crippen MR) is 123 cm³/mol. The van der Waals surface area contributed by atoms with Crippen LogP contribution in [0.25, 0.3) is 16.2 Å². The molecule has 1 aromatic carbocycles. The lowest BCUT2D eigenvalue weighted by Gasteiger charge is -2.03. The van der Waals surface area contributed by atoms with E-state index < -0.39 is 0 Å². The highest BCUT2D eigenvalue weighted by Crippen LogP contribution is 2.25. The average Bonchev–Trinajstić information content (AvgIpc) is 3.27. The van der Waals surface area contributed by atoms with Crippen molar-refractivity contribution in [3.63, 3.8) is 0 Å². The van der Waals surface area contributed by atoms with Gasteiger partial charge in [-0.15, -0.1) is 11.3 Å². The second-order valence-electron chi connectivity index (χ2n) is 8.04. The zero-order valence-electron chi connectivity index (χ0n) is 17.8. The number of unbranched alkanes of at least 4 members (excludes halogenated alkanes) is 8. The van der Waals surface area contributed by atoms with Crippen molar-refractivity contribution in [1.82, 2.24) is 9.38 Å². The fourth-order valence-electron chi connectivity index (χ4n) is 3.78. The van der Waals surface area contributed by atoms with Crippen molar-refractivity contribution in [1.29, 1.82) is 0 Å². The minimum Gasteiger partial charge on any atom is -0.297 e. The number of thiazole rings is 1. The Labute approximate surface area is 175 Å². The van der Waals surface area contributed by atoms with Gasteiger partial charge in [-0.1, -0.05) is 89.5 Å². The van der Waals surface area contributed by atoms with E-state index in [0.717, 1.165) is 10.7 Å². The molecule has 0 aliphatic rings. The lowest BCUT2D eigenvalue weighted by atomic mass is 10.0. The number of aryl methyl sites for hydroxylation is 2. The highest BCUT2D eigenvalue weighted by molar-refractivity contribution is 7.17. The molecule has 2 aromatic heterocycles. The van der Waals surface area contributed by atoms with Gasteiger partial charge in [-0.3, -0.25) is 4.40 Å². The Kier molecular flexibility index (Phi) is 8.60. The maximum absolute atomic E-state index is 4.85. The van der Waals surface area contributed by atoms with Crippen LogP contribution < -0.4 is 0 Å². The molecule has 0 fully saturated rings. The molecule has 0 aliphatic heterocycles. The second kappa shape index (κ2) is 11.4. The van der Waals surface area contributed by atoms with E-state index in [1.54, 1.807) is 0 Å². The first-order valence-corrected chi connectivity index (χ1v) is 12.2. The van der Waals surface area contributed by atoms with E-state index in [9.17, 15) is 0 Å². The molecule has 28 heavy (non-hydrogen) atoms. The minimum absolute atomic E-state index is 1.09. The zero-order valence-corrected chi connectivity index (χ0v) is 18.6. The molecule has 0 saturated carbocycles. The fourth-order valence-corrected chi connectivity index (χ4v) is 4.78. The second-order valence-corrected chi connectivity index (χ2v) is 9.13. The predicted octanol–water partition coefficient (Wildman–Crippen LogP) is 8.09. The summed E-state index contributed by atoms with van der Waals surface area (Å²) >= 11 is 1.84. The first kappa shape index (κ1) is 21.1. The topological polar surface area (TPSA) is 17.3 Å². The molecular weight excluding hydrogens is 360 g/mol. The third kappa shape index (κ3) is 6.20. The van der Waals surface area contributed by atoms with Gasteiger partial charge in [0.05, 0.1) is 5.69 Å². The fraction of sp³-hybridized carbons (Fsp3) is 0.560. The summed E-state index contributed by atoms with van der Waals surface area (Å²) in [5.41, 5.74) is 3.78.